The number of hydrogen-bond donors (Lipinski definition) is 2. The molecule has 2 unspecified atom stereocenters. The zero-order valence-corrected chi connectivity index (χ0v) is 20.3. The highest BCUT2D eigenvalue weighted by Crippen LogP contribution is 2.26. The summed E-state index contributed by atoms with van der Waals surface area (Å²) in [6.45, 7) is 15.0. The second-order valence-corrected chi connectivity index (χ2v) is 8.78. The molecule has 1 aliphatic carbocycles. The van der Waals surface area contributed by atoms with Crippen LogP contribution in [0.1, 0.15) is 46.0 Å². The Morgan fingerprint density at radius 2 is 1.86 bits per heavy atom. The molecule has 6 nitrogen and oxygen atoms in total. The number of nitrogens with one attached hydrogen (secondary N) is 2. The van der Waals surface area contributed by atoms with E-state index in [2.05, 4.69) is 34.3 Å². The maximum absolute atomic E-state index is 5.44. The van der Waals surface area contributed by atoms with Crippen molar-refractivity contribution in [3.8, 4) is 0 Å². The fourth-order valence-electron chi connectivity index (χ4n) is 4.72. The van der Waals surface area contributed by atoms with Gasteiger partial charge in [-0.2, -0.15) is 0 Å². The quantitative estimate of drug-likeness (QED) is 0.300. The van der Waals surface area contributed by atoms with E-state index in [-0.39, 0.29) is 24.0 Å². The molecule has 3 aliphatic rings. The Kier molecular flexibility index (Phi) is 11.4. The third kappa shape index (κ3) is 8.32. The van der Waals surface area contributed by atoms with Gasteiger partial charge in [-0.15, -0.1) is 24.0 Å². The van der Waals surface area contributed by atoms with Crippen molar-refractivity contribution in [3.63, 3.8) is 0 Å². The van der Waals surface area contributed by atoms with E-state index in [9.17, 15) is 0 Å². The lowest BCUT2D eigenvalue weighted by Gasteiger charge is -2.28. The van der Waals surface area contributed by atoms with Gasteiger partial charge >= 0.3 is 0 Å². The van der Waals surface area contributed by atoms with Crippen LogP contribution in [0.25, 0.3) is 0 Å². The van der Waals surface area contributed by atoms with E-state index in [0.29, 0.717) is 12.0 Å². The minimum absolute atomic E-state index is 0. The van der Waals surface area contributed by atoms with Crippen molar-refractivity contribution >= 4 is 29.9 Å². The van der Waals surface area contributed by atoms with Gasteiger partial charge < -0.3 is 20.3 Å². The van der Waals surface area contributed by atoms with Crippen molar-refractivity contribution in [2.75, 3.05) is 65.6 Å². The number of hydrogen-bond acceptors (Lipinski definition) is 4. The van der Waals surface area contributed by atoms with Crippen LogP contribution in [0.2, 0.25) is 0 Å². The Morgan fingerprint density at radius 3 is 2.57 bits per heavy atom. The molecule has 0 spiro atoms. The number of guanidine groups is 1. The number of ether oxygens (including phenoxy) is 1. The Morgan fingerprint density at radius 1 is 1.11 bits per heavy atom. The fraction of sp³-hybridized carbons (Fsp3) is 0.952. The molecular formula is C21H42IN5O. The first kappa shape index (κ1) is 24.2. The normalized spacial score (nSPS) is 26.2. The first-order valence-electron chi connectivity index (χ1n) is 11.3. The molecule has 2 aliphatic heterocycles. The van der Waals surface area contributed by atoms with E-state index in [1.807, 2.05) is 0 Å². The van der Waals surface area contributed by atoms with Crippen molar-refractivity contribution in [2.45, 2.75) is 52.0 Å². The van der Waals surface area contributed by atoms with Crippen LogP contribution in [0.5, 0.6) is 0 Å². The Hall–Kier alpha value is -0.120. The molecule has 164 valence electrons. The highest BCUT2D eigenvalue weighted by Gasteiger charge is 2.26. The Labute approximate surface area is 189 Å². The van der Waals surface area contributed by atoms with Gasteiger partial charge in [0.15, 0.2) is 5.96 Å². The van der Waals surface area contributed by atoms with Gasteiger partial charge in [0.05, 0.1) is 13.2 Å². The first-order valence-corrected chi connectivity index (χ1v) is 11.3. The van der Waals surface area contributed by atoms with Crippen molar-refractivity contribution < 1.29 is 4.74 Å². The largest absolute Gasteiger partial charge is 0.379 e. The molecule has 0 aromatic carbocycles. The standard InChI is InChI=1S/C21H41N5O.HI/c1-3-22-21(23-14-18(2)15-25-10-12-27-13-11-25)24-20-8-9-26(17-20)16-19-6-4-5-7-19;/h18-20H,3-17H2,1-2H3,(H2,22,23,24);1H. The van der Waals surface area contributed by atoms with Crippen LogP contribution in [0.15, 0.2) is 4.99 Å². The molecule has 28 heavy (non-hydrogen) atoms. The van der Waals surface area contributed by atoms with E-state index in [1.54, 1.807) is 0 Å². The van der Waals surface area contributed by atoms with Gasteiger partial charge in [0.1, 0.15) is 0 Å². The maximum Gasteiger partial charge on any atom is 0.191 e. The van der Waals surface area contributed by atoms with Crippen molar-refractivity contribution in [1.29, 1.82) is 0 Å². The van der Waals surface area contributed by atoms with Crippen LogP contribution in [0.4, 0.5) is 0 Å². The molecule has 2 saturated heterocycles. The molecule has 3 rings (SSSR count). The van der Waals surface area contributed by atoms with Gasteiger partial charge in [0.25, 0.3) is 0 Å². The Balaban J connectivity index is 0.00000280. The van der Waals surface area contributed by atoms with Crippen LogP contribution in [0, 0.1) is 11.8 Å². The predicted molar refractivity (Wildman–Crippen MR) is 128 cm³/mol. The highest BCUT2D eigenvalue weighted by molar-refractivity contribution is 14.0. The topological polar surface area (TPSA) is 52.1 Å². The van der Waals surface area contributed by atoms with Crippen molar-refractivity contribution in [2.24, 2.45) is 16.8 Å². The molecule has 2 heterocycles. The fourth-order valence-corrected chi connectivity index (χ4v) is 4.72. The molecule has 0 radical (unpaired) electrons. The van der Waals surface area contributed by atoms with Crippen LogP contribution in [0.3, 0.4) is 0 Å². The summed E-state index contributed by atoms with van der Waals surface area (Å²) in [5.41, 5.74) is 0. The summed E-state index contributed by atoms with van der Waals surface area (Å²) < 4.78 is 5.44. The van der Waals surface area contributed by atoms with Crippen LogP contribution in [-0.4, -0.2) is 87.4 Å². The predicted octanol–water partition coefficient (Wildman–Crippen LogP) is 2.39. The third-order valence-corrected chi connectivity index (χ3v) is 6.18. The number of morpholine rings is 1. The molecule has 0 bridgehead atoms. The number of nitrogens with zero attached hydrogens (tertiary/aromatic N) is 3. The third-order valence-electron chi connectivity index (χ3n) is 6.18. The van der Waals surface area contributed by atoms with Crippen LogP contribution < -0.4 is 10.6 Å². The van der Waals surface area contributed by atoms with E-state index in [4.69, 9.17) is 9.73 Å². The summed E-state index contributed by atoms with van der Waals surface area (Å²) in [5.74, 6) is 2.52. The van der Waals surface area contributed by atoms with Crippen LogP contribution in [-0.2, 0) is 4.74 Å². The molecule has 0 aromatic heterocycles. The van der Waals surface area contributed by atoms with Crippen molar-refractivity contribution in [1.82, 2.24) is 20.4 Å². The molecule has 7 heteroatoms. The van der Waals surface area contributed by atoms with Crippen molar-refractivity contribution in [3.05, 3.63) is 0 Å². The second-order valence-electron chi connectivity index (χ2n) is 8.78. The van der Waals surface area contributed by atoms with E-state index in [0.717, 1.165) is 57.8 Å². The molecule has 2 N–H and O–H groups in total. The van der Waals surface area contributed by atoms with Crippen LogP contribution >= 0.6 is 24.0 Å². The number of likely N-dealkylation sites (tertiary alicyclic amines) is 1. The monoisotopic (exact) mass is 507 g/mol. The SMILES string of the molecule is CCNC(=NCC(C)CN1CCOCC1)NC1CCN(CC2CCCC2)C1.I. The lowest BCUT2D eigenvalue weighted by molar-refractivity contribution is 0.0323. The highest BCUT2D eigenvalue weighted by atomic mass is 127. The lowest BCUT2D eigenvalue weighted by atomic mass is 10.1. The van der Waals surface area contributed by atoms with E-state index >= 15 is 0 Å². The maximum atomic E-state index is 5.44. The molecule has 0 aromatic rings. The smallest absolute Gasteiger partial charge is 0.191 e. The van der Waals surface area contributed by atoms with Gasteiger partial charge in [-0.1, -0.05) is 19.8 Å². The van der Waals surface area contributed by atoms with Gasteiger partial charge in [-0.3, -0.25) is 9.89 Å². The number of aliphatic imine (C=N–C) groups is 1. The summed E-state index contributed by atoms with van der Waals surface area (Å²) in [4.78, 5) is 10.1. The molecular weight excluding hydrogens is 465 g/mol. The lowest BCUT2D eigenvalue weighted by Crippen LogP contribution is -2.45. The second kappa shape index (κ2) is 13.2. The Bertz CT molecular complexity index is 452. The van der Waals surface area contributed by atoms with E-state index < -0.39 is 0 Å². The minimum Gasteiger partial charge on any atom is -0.379 e. The average molecular weight is 508 g/mol. The van der Waals surface area contributed by atoms with Gasteiger partial charge in [0.2, 0.25) is 0 Å². The summed E-state index contributed by atoms with van der Waals surface area (Å²) in [6, 6.07) is 0.541. The number of halogens is 1. The van der Waals surface area contributed by atoms with Gasteiger partial charge in [-0.05, 0) is 38.0 Å². The summed E-state index contributed by atoms with van der Waals surface area (Å²) in [6.07, 6.45) is 7.01. The zero-order valence-electron chi connectivity index (χ0n) is 18.0. The summed E-state index contributed by atoms with van der Waals surface area (Å²) in [7, 11) is 0. The molecule has 3 fully saturated rings. The van der Waals surface area contributed by atoms with Gasteiger partial charge in [0, 0.05) is 58.4 Å². The molecule has 2 atom stereocenters. The first-order chi connectivity index (χ1) is 13.2. The average Bonchev–Trinajstić information content (AvgIpc) is 3.33. The summed E-state index contributed by atoms with van der Waals surface area (Å²) in [5, 5.41) is 7.14. The minimum atomic E-state index is 0. The number of rotatable bonds is 8. The molecule has 0 amide bonds. The van der Waals surface area contributed by atoms with Gasteiger partial charge in [-0.25, -0.2) is 0 Å². The van der Waals surface area contributed by atoms with E-state index in [1.165, 1.54) is 51.7 Å². The molecule has 1 saturated carbocycles. The summed E-state index contributed by atoms with van der Waals surface area (Å²) >= 11 is 0. The zero-order chi connectivity index (χ0) is 18.9.